The molecule has 0 amide bonds. The van der Waals surface area contributed by atoms with Crippen molar-refractivity contribution in [1.29, 1.82) is 0 Å². The predicted molar refractivity (Wildman–Crippen MR) is 77.2 cm³/mol. The van der Waals surface area contributed by atoms with Crippen LogP contribution in [0.25, 0.3) is 0 Å². The number of benzene rings is 1. The lowest BCUT2D eigenvalue weighted by molar-refractivity contribution is -0.157. The quantitative estimate of drug-likeness (QED) is 0.918. The topological polar surface area (TPSA) is 59.0 Å². The van der Waals surface area contributed by atoms with Crippen LogP contribution in [-0.4, -0.2) is 49.4 Å². The molecule has 2 atom stereocenters. The van der Waals surface area contributed by atoms with Crippen LogP contribution in [0.15, 0.2) is 18.2 Å². The molecule has 1 aromatic rings. The Kier molecular flexibility index (Phi) is 4.06. The molecule has 5 nitrogen and oxygen atoms in total. The van der Waals surface area contributed by atoms with E-state index in [-0.39, 0.29) is 11.7 Å². The molecule has 2 heterocycles. The molecule has 22 heavy (non-hydrogen) atoms. The lowest BCUT2D eigenvalue weighted by Crippen LogP contribution is -2.44. The number of carboxylic acids is 1. The van der Waals surface area contributed by atoms with E-state index in [0.717, 1.165) is 5.56 Å². The van der Waals surface area contributed by atoms with Crippen molar-refractivity contribution in [3.8, 4) is 5.75 Å². The first-order chi connectivity index (χ1) is 10.5. The Bertz CT molecular complexity index is 579. The summed E-state index contributed by atoms with van der Waals surface area (Å²) in [6, 6.07) is 4.45. The highest BCUT2D eigenvalue weighted by molar-refractivity contribution is 5.76. The lowest BCUT2D eigenvalue weighted by Gasteiger charge is -2.34. The Morgan fingerprint density at radius 1 is 1.59 bits per heavy atom. The van der Waals surface area contributed by atoms with Gasteiger partial charge in [-0.3, -0.25) is 9.69 Å². The summed E-state index contributed by atoms with van der Waals surface area (Å²) in [5, 5.41) is 9.66. The van der Waals surface area contributed by atoms with E-state index >= 15 is 0 Å². The fourth-order valence-electron chi connectivity index (χ4n) is 3.61. The summed E-state index contributed by atoms with van der Waals surface area (Å²) in [6.45, 7) is 2.71. The van der Waals surface area contributed by atoms with Crippen molar-refractivity contribution in [1.82, 2.24) is 4.90 Å². The first-order valence-corrected chi connectivity index (χ1v) is 7.41. The molecule has 2 saturated heterocycles. The number of methoxy groups -OCH3 is 1. The highest BCUT2D eigenvalue weighted by atomic mass is 19.1. The molecule has 2 aliphatic heterocycles. The van der Waals surface area contributed by atoms with Crippen LogP contribution in [-0.2, 0) is 16.1 Å². The first-order valence-electron chi connectivity index (χ1n) is 7.41. The Balaban J connectivity index is 1.79. The Morgan fingerprint density at radius 3 is 3.09 bits per heavy atom. The van der Waals surface area contributed by atoms with E-state index in [9.17, 15) is 14.3 Å². The number of hydrogen-bond acceptors (Lipinski definition) is 4. The summed E-state index contributed by atoms with van der Waals surface area (Å²) >= 11 is 0. The van der Waals surface area contributed by atoms with Gasteiger partial charge >= 0.3 is 5.97 Å². The van der Waals surface area contributed by atoms with E-state index in [0.29, 0.717) is 45.0 Å². The zero-order valence-corrected chi connectivity index (χ0v) is 12.5. The molecule has 0 unspecified atom stereocenters. The van der Waals surface area contributed by atoms with E-state index in [1.54, 1.807) is 6.07 Å². The summed E-state index contributed by atoms with van der Waals surface area (Å²) < 4.78 is 23.9. The van der Waals surface area contributed by atoms with Crippen LogP contribution in [0.4, 0.5) is 4.39 Å². The smallest absolute Gasteiger partial charge is 0.311 e. The first kappa shape index (κ1) is 15.2. The molecule has 0 aromatic heterocycles. The van der Waals surface area contributed by atoms with E-state index in [1.807, 2.05) is 0 Å². The number of likely N-dealkylation sites (tertiary alicyclic amines) is 1. The van der Waals surface area contributed by atoms with E-state index in [1.165, 1.54) is 19.2 Å². The maximum absolute atomic E-state index is 13.3. The molecule has 3 rings (SSSR count). The molecule has 6 heteroatoms. The van der Waals surface area contributed by atoms with Crippen molar-refractivity contribution in [2.45, 2.75) is 13.0 Å². The Labute approximate surface area is 128 Å². The molecule has 1 N–H and O–H groups in total. The van der Waals surface area contributed by atoms with Crippen molar-refractivity contribution in [2.24, 2.45) is 11.3 Å². The molecule has 2 aliphatic rings. The normalized spacial score (nSPS) is 28.4. The highest BCUT2D eigenvalue weighted by Crippen LogP contribution is 2.43. The van der Waals surface area contributed by atoms with Crippen molar-refractivity contribution in [3.05, 3.63) is 29.6 Å². The number of aliphatic carboxylic acids is 1. The van der Waals surface area contributed by atoms with E-state index in [2.05, 4.69) is 4.90 Å². The standard InChI is InChI=1S/C16H20FNO4/c1-21-14-6-13(17)3-2-11(14)7-18-8-12-9-22-5-4-16(12,10-18)15(19)20/h2-3,6,12H,4-5,7-10H2,1H3,(H,19,20)/t12-,16+/m1/s1. The van der Waals surface area contributed by atoms with Crippen LogP contribution < -0.4 is 4.74 Å². The number of carbonyl (C=O) groups is 1. The third-order valence-corrected chi connectivity index (χ3v) is 4.85. The van der Waals surface area contributed by atoms with Gasteiger partial charge in [-0.25, -0.2) is 4.39 Å². The van der Waals surface area contributed by atoms with Crippen LogP contribution in [0.1, 0.15) is 12.0 Å². The summed E-state index contributed by atoms with van der Waals surface area (Å²) in [6.07, 6.45) is 0.546. The second-order valence-electron chi connectivity index (χ2n) is 6.11. The molecular weight excluding hydrogens is 289 g/mol. The van der Waals surface area contributed by atoms with Crippen LogP contribution >= 0.6 is 0 Å². The van der Waals surface area contributed by atoms with Crippen molar-refractivity contribution < 1.29 is 23.8 Å². The Morgan fingerprint density at radius 2 is 2.41 bits per heavy atom. The third-order valence-electron chi connectivity index (χ3n) is 4.85. The molecule has 1 aromatic carbocycles. The molecule has 2 fully saturated rings. The molecule has 0 saturated carbocycles. The van der Waals surface area contributed by atoms with Gasteiger partial charge < -0.3 is 14.6 Å². The summed E-state index contributed by atoms with van der Waals surface area (Å²) in [4.78, 5) is 13.9. The number of fused-ring (bicyclic) bond motifs is 1. The minimum atomic E-state index is -0.741. The molecule has 120 valence electrons. The summed E-state index contributed by atoms with van der Waals surface area (Å²) in [5.74, 6) is -0.582. The Hall–Kier alpha value is -1.66. The van der Waals surface area contributed by atoms with Gasteiger partial charge in [-0.2, -0.15) is 0 Å². The van der Waals surface area contributed by atoms with Gasteiger partial charge in [0.15, 0.2) is 0 Å². The summed E-state index contributed by atoms with van der Waals surface area (Å²) in [5.41, 5.74) is 0.148. The number of carboxylic acid groups (broad SMARTS) is 1. The van der Waals surface area contributed by atoms with Crippen molar-refractivity contribution >= 4 is 5.97 Å². The second-order valence-corrected chi connectivity index (χ2v) is 6.11. The van der Waals surface area contributed by atoms with Crippen LogP contribution in [0.2, 0.25) is 0 Å². The second kappa shape index (κ2) is 5.85. The van der Waals surface area contributed by atoms with Gasteiger partial charge in [0.05, 0.1) is 19.1 Å². The van der Waals surface area contributed by atoms with Crippen LogP contribution in [0.5, 0.6) is 5.75 Å². The fraction of sp³-hybridized carbons (Fsp3) is 0.562. The van der Waals surface area contributed by atoms with Gasteiger partial charge in [0.25, 0.3) is 0 Å². The average molecular weight is 309 g/mol. The minimum Gasteiger partial charge on any atom is -0.496 e. The molecule has 0 spiro atoms. The number of hydrogen-bond donors (Lipinski definition) is 1. The van der Waals surface area contributed by atoms with Crippen molar-refractivity contribution in [2.75, 3.05) is 33.4 Å². The van der Waals surface area contributed by atoms with Gasteiger partial charge in [0.1, 0.15) is 11.6 Å². The van der Waals surface area contributed by atoms with Gasteiger partial charge in [0.2, 0.25) is 0 Å². The molecule has 0 aliphatic carbocycles. The summed E-state index contributed by atoms with van der Waals surface area (Å²) in [7, 11) is 1.51. The molecule has 0 bridgehead atoms. The fourth-order valence-corrected chi connectivity index (χ4v) is 3.61. The predicted octanol–water partition coefficient (Wildman–Crippen LogP) is 1.76. The van der Waals surface area contributed by atoms with Crippen molar-refractivity contribution in [3.63, 3.8) is 0 Å². The molecular formula is C16H20FNO4. The average Bonchev–Trinajstić information content (AvgIpc) is 2.88. The number of rotatable bonds is 4. The molecule has 0 radical (unpaired) electrons. The van der Waals surface area contributed by atoms with Gasteiger partial charge in [-0.05, 0) is 12.5 Å². The SMILES string of the molecule is COc1cc(F)ccc1CN1C[C@@H]2COCC[C@]2(C(=O)O)C1. The monoisotopic (exact) mass is 309 g/mol. The third kappa shape index (κ3) is 2.57. The number of halogens is 1. The van der Waals surface area contributed by atoms with E-state index < -0.39 is 11.4 Å². The zero-order chi connectivity index (χ0) is 15.7. The van der Waals surface area contributed by atoms with E-state index in [4.69, 9.17) is 9.47 Å². The lowest BCUT2D eigenvalue weighted by atomic mass is 9.74. The van der Waals surface area contributed by atoms with Gasteiger partial charge in [-0.1, -0.05) is 6.07 Å². The largest absolute Gasteiger partial charge is 0.496 e. The maximum Gasteiger partial charge on any atom is 0.311 e. The number of ether oxygens (including phenoxy) is 2. The minimum absolute atomic E-state index is 0.00481. The highest BCUT2D eigenvalue weighted by Gasteiger charge is 2.53. The zero-order valence-electron chi connectivity index (χ0n) is 12.5. The van der Waals surface area contributed by atoms with Gasteiger partial charge in [-0.15, -0.1) is 0 Å². The van der Waals surface area contributed by atoms with Gasteiger partial charge in [0, 0.05) is 43.8 Å². The number of nitrogens with zero attached hydrogens (tertiary/aromatic N) is 1. The maximum atomic E-state index is 13.3. The van der Waals surface area contributed by atoms with Crippen LogP contribution in [0.3, 0.4) is 0 Å². The van der Waals surface area contributed by atoms with Crippen LogP contribution in [0, 0.1) is 17.2 Å².